The van der Waals surface area contributed by atoms with E-state index in [1.807, 2.05) is 0 Å². The van der Waals surface area contributed by atoms with Crippen LogP contribution in [0.4, 0.5) is 0 Å². The Hall–Kier alpha value is -2.30. The average molecular weight is 569 g/mol. The number of nitrogens with zero attached hydrogens (tertiary/aromatic N) is 1. The molecule has 4 rings (SSSR count). The van der Waals surface area contributed by atoms with Crippen LogP contribution in [-0.4, -0.2) is 23.7 Å². The van der Waals surface area contributed by atoms with Gasteiger partial charge in [0, 0.05) is 41.0 Å². The maximum absolute atomic E-state index is 12.6. The molecule has 0 bridgehead atoms. The predicted octanol–water partition coefficient (Wildman–Crippen LogP) is 5.38. The highest BCUT2D eigenvalue weighted by Gasteiger charge is 2.20. The molecule has 0 aliphatic rings. The second-order valence-electron chi connectivity index (χ2n) is 6.96. The van der Waals surface area contributed by atoms with Crippen molar-refractivity contribution in [3.8, 4) is 22.6 Å². The molecule has 0 radical (unpaired) electrons. The monoisotopic (exact) mass is 568 g/mol. The maximum Gasteiger partial charge on any atom is 0.274 e. The van der Waals surface area contributed by atoms with Gasteiger partial charge < -0.3 is 14.3 Å². The zero-order chi connectivity index (χ0) is 22.3. The van der Waals surface area contributed by atoms with Crippen LogP contribution in [0.5, 0.6) is 11.5 Å². The minimum Gasteiger partial charge on any atom is -0.456 e. The summed E-state index contributed by atoms with van der Waals surface area (Å²) in [5.74, 6) is 1.04. The summed E-state index contributed by atoms with van der Waals surface area (Å²) < 4.78 is 33.6. The molecule has 0 spiro atoms. The number of H-pyrrole nitrogens is 1. The zero-order valence-electron chi connectivity index (χ0n) is 16.6. The lowest BCUT2D eigenvalue weighted by atomic mass is 10.0. The molecule has 2 heterocycles. The van der Waals surface area contributed by atoms with E-state index in [2.05, 4.69) is 27.6 Å². The van der Waals surface area contributed by atoms with Gasteiger partial charge in [0.1, 0.15) is 17.0 Å². The molecule has 0 unspecified atom stereocenters. The van der Waals surface area contributed by atoms with E-state index in [4.69, 9.17) is 16.3 Å². The second kappa shape index (κ2) is 8.33. The van der Waals surface area contributed by atoms with E-state index < -0.39 is 9.84 Å². The number of aromatic nitrogens is 2. The van der Waals surface area contributed by atoms with Gasteiger partial charge in [-0.2, -0.15) is 0 Å². The molecule has 0 aliphatic carbocycles. The lowest BCUT2D eigenvalue weighted by molar-refractivity contribution is 0.480. The fourth-order valence-electron chi connectivity index (χ4n) is 3.33. The minimum absolute atomic E-state index is 0.0193. The van der Waals surface area contributed by atoms with E-state index in [1.54, 1.807) is 62.8 Å². The third kappa shape index (κ3) is 4.11. The van der Waals surface area contributed by atoms with E-state index >= 15 is 0 Å². The molecule has 31 heavy (non-hydrogen) atoms. The molecule has 6 nitrogen and oxygen atoms in total. The Bertz CT molecular complexity index is 1470. The van der Waals surface area contributed by atoms with Crippen LogP contribution in [0.2, 0.25) is 5.02 Å². The first-order chi connectivity index (χ1) is 14.7. The number of hydrogen-bond donors (Lipinski definition) is 1. The molecule has 0 atom stereocenters. The van der Waals surface area contributed by atoms with Crippen molar-refractivity contribution in [2.24, 2.45) is 7.05 Å². The van der Waals surface area contributed by atoms with Crippen LogP contribution >= 0.6 is 34.2 Å². The molecule has 2 aromatic carbocycles. The van der Waals surface area contributed by atoms with Gasteiger partial charge in [-0.1, -0.05) is 18.5 Å². The lowest BCUT2D eigenvalue weighted by Gasteiger charge is -2.16. The Morgan fingerprint density at radius 2 is 1.84 bits per heavy atom. The number of nitrogens with one attached hydrogen (secondary N) is 1. The third-order valence-corrected chi connectivity index (χ3v) is 7.80. The number of fused-ring (bicyclic) bond motifs is 1. The van der Waals surface area contributed by atoms with Gasteiger partial charge in [0.05, 0.1) is 14.2 Å². The van der Waals surface area contributed by atoms with E-state index in [0.717, 1.165) is 3.57 Å². The molecule has 0 saturated heterocycles. The number of rotatable bonds is 5. The number of hydrogen-bond acceptors (Lipinski definition) is 4. The SMILES string of the molecule is CCS(=O)(=O)c1ccc(Oc2ccc(Cl)cc2I)c(-c2cn(C)c(=O)c3[nH]ccc23)c1. The first kappa shape index (κ1) is 21.9. The molecule has 1 N–H and O–H groups in total. The molecular formula is C22H18ClIN2O4S. The van der Waals surface area contributed by atoms with Gasteiger partial charge in [-0.3, -0.25) is 4.79 Å². The number of sulfone groups is 1. The van der Waals surface area contributed by atoms with Crippen LogP contribution in [0.25, 0.3) is 22.0 Å². The molecule has 4 aromatic rings. The number of pyridine rings is 1. The van der Waals surface area contributed by atoms with Gasteiger partial charge in [0.25, 0.3) is 5.56 Å². The Labute approximate surface area is 197 Å². The first-order valence-corrected chi connectivity index (χ1v) is 12.5. The summed E-state index contributed by atoms with van der Waals surface area (Å²) in [7, 11) is -1.79. The number of ether oxygens (including phenoxy) is 1. The van der Waals surface area contributed by atoms with Crippen molar-refractivity contribution in [3.05, 3.63) is 73.8 Å². The van der Waals surface area contributed by atoms with Crippen LogP contribution in [0, 0.1) is 3.57 Å². The van der Waals surface area contributed by atoms with E-state index in [1.165, 1.54) is 10.6 Å². The molecule has 0 aliphatic heterocycles. The smallest absolute Gasteiger partial charge is 0.274 e. The summed E-state index contributed by atoms with van der Waals surface area (Å²) in [6, 6.07) is 11.8. The van der Waals surface area contributed by atoms with Crippen LogP contribution in [0.1, 0.15) is 6.92 Å². The standard InChI is InChI=1S/C22H18ClIN2O4S/c1-3-31(28,29)14-5-7-19(30-20-6-4-13(23)10-18(20)24)16(11-14)17-12-26(2)22(27)21-15(17)8-9-25-21/h4-12,25H,3H2,1-2H3. The van der Waals surface area contributed by atoms with E-state index in [9.17, 15) is 13.2 Å². The molecule has 0 saturated carbocycles. The van der Waals surface area contributed by atoms with Crippen LogP contribution in [0.15, 0.2) is 64.5 Å². The van der Waals surface area contributed by atoms with E-state index in [0.29, 0.717) is 38.6 Å². The molecule has 160 valence electrons. The van der Waals surface area contributed by atoms with Gasteiger partial charge in [-0.15, -0.1) is 0 Å². The highest BCUT2D eigenvalue weighted by molar-refractivity contribution is 14.1. The van der Waals surface area contributed by atoms with Crippen molar-refractivity contribution in [2.45, 2.75) is 11.8 Å². The summed E-state index contributed by atoms with van der Waals surface area (Å²) in [6.07, 6.45) is 3.38. The third-order valence-electron chi connectivity index (χ3n) is 4.99. The van der Waals surface area contributed by atoms with Crippen LogP contribution in [0.3, 0.4) is 0 Å². The van der Waals surface area contributed by atoms with Crippen molar-refractivity contribution in [3.63, 3.8) is 0 Å². The van der Waals surface area contributed by atoms with Gasteiger partial charge >= 0.3 is 0 Å². The van der Waals surface area contributed by atoms with Gasteiger partial charge in [0.15, 0.2) is 9.84 Å². The van der Waals surface area contributed by atoms with Crippen molar-refractivity contribution in [1.82, 2.24) is 9.55 Å². The van der Waals surface area contributed by atoms with Crippen molar-refractivity contribution in [1.29, 1.82) is 0 Å². The Balaban J connectivity index is 1.99. The van der Waals surface area contributed by atoms with Crippen molar-refractivity contribution in [2.75, 3.05) is 5.75 Å². The number of aryl methyl sites for hydroxylation is 1. The first-order valence-electron chi connectivity index (χ1n) is 9.38. The summed E-state index contributed by atoms with van der Waals surface area (Å²) in [5.41, 5.74) is 1.53. The molecule has 9 heteroatoms. The Morgan fingerprint density at radius 1 is 1.10 bits per heavy atom. The topological polar surface area (TPSA) is 81.2 Å². The lowest BCUT2D eigenvalue weighted by Crippen LogP contribution is -2.16. The minimum atomic E-state index is -3.44. The fraction of sp³-hybridized carbons (Fsp3) is 0.136. The maximum atomic E-state index is 12.6. The van der Waals surface area contributed by atoms with Crippen LogP contribution in [-0.2, 0) is 16.9 Å². The van der Waals surface area contributed by atoms with Gasteiger partial charge in [-0.25, -0.2) is 8.42 Å². The van der Waals surface area contributed by atoms with E-state index in [-0.39, 0.29) is 16.2 Å². The Morgan fingerprint density at radius 3 is 2.55 bits per heavy atom. The average Bonchev–Trinajstić information content (AvgIpc) is 3.23. The summed E-state index contributed by atoms with van der Waals surface area (Å²) in [4.78, 5) is 15.7. The summed E-state index contributed by atoms with van der Waals surface area (Å²) in [6.45, 7) is 1.60. The molecule has 0 amide bonds. The molecule has 2 aromatic heterocycles. The van der Waals surface area contributed by atoms with Crippen LogP contribution < -0.4 is 10.3 Å². The largest absolute Gasteiger partial charge is 0.456 e. The number of benzene rings is 2. The highest BCUT2D eigenvalue weighted by Crippen LogP contribution is 2.39. The quantitative estimate of drug-likeness (QED) is 0.328. The fourth-order valence-corrected chi connectivity index (χ4v) is 5.22. The van der Waals surface area contributed by atoms with Crippen molar-refractivity contribution >= 4 is 54.9 Å². The van der Waals surface area contributed by atoms with Gasteiger partial charge in [-0.05, 0) is 65.1 Å². The number of aromatic amines is 1. The highest BCUT2D eigenvalue weighted by atomic mass is 127. The summed E-state index contributed by atoms with van der Waals surface area (Å²) in [5, 5.41) is 1.28. The van der Waals surface area contributed by atoms with Gasteiger partial charge in [0.2, 0.25) is 0 Å². The Kier molecular flexibility index (Phi) is 5.89. The zero-order valence-corrected chi connectivity index (χ0v) is 20.4. The molecule has 0 fully saturated rings. The normalized spacial score (nSPS) is 11.7. The second-order valence-corrected chi connectivity index (χ2v) is 10.8. The number of halogens is 2. The predicted molar refractivity (Wildman–Crippen MR) is 131 cm³/mol. The van der Waals surface area contributed by atoms with Crippen molar-refractivity contribution < 1.29 is 13.2 Å². The summed E-state index contributed by atoms with van der Waals surface area (Å²) >= 11 is 8.19. The molecular weight excluding hydrogens is 551 g/mol.